The van der Waals surface area contributed by atoms with Gasteiger partial charge >= 0.3 is 0 Å². The maximum absolute atomic E-state index is 12.4. The normalized spacial score (nSPS) is 10.7. The summed E-state index contributed by atoms with van der Waals surface area (Å²) < 4.78 is 12.3. The Labute approximate surface area is 214 Å². The summed E-state index contributed by atoms with van der Waals surface area (Å²) in [6, 6.07) is 16.0. The van der Waals surface area contributed by atoms with Crippen LogP contribution in [-0.2, 0) is 4.79 Å². The van der Waals surface area contributed by atoms with Crippen molar-refractivity contribution in [1.29, 1.82) is 0 Å². The molecule has 3 aromatic rings. The quantitative estimate of drug-likeness (QED) is 0.264. The number of methoxy groups -OCH3 is 1. The molecule has 0 aliphatic carbocycles. The molecule has 3 rings (SSSR count). The molecule has 34 heavy (non-hydrogen) atoms. The monoisotopic (exact) mass is 587 g/mol. The Balaban J connectivity index is 1.68. The van der Waals surface area contributed by atoms with Gasteiger partial charge in [0.25, 0.3) is 11.8 Å². The largest absolute Gasteiger partial charge is 0.497 e. The van der Waals surface area contributed by atoms with Gasteiger partial charge in [-0.3, -0.25) is 9.59 Å². The molecule has 3 aromatic carbocycles. The first-order chi connectivity index (χ1) is 16.3. The molecule has 0 radical (unpaired) electrons. The van der Waals surface area contributed by atoms with Crippen LogP contribution in [0.2, 0.25) is 0 Å². The minimum absolute atomic E-state index is 0.204. The summed E-state index contributed by atoms with van der Waals surface area (Å²) >= 11 is 6.89. The number of hydrogen-bond donors (Lipinski definition) is 2. The highest BCUT2D eigenvalue weighted by molar-refractivity contribution is 9.11. The van der Waals surface area contributed by atoms with Crippen molar-refractivity contribution in [2.75, 3.05) is 19.0 Å². The minimum Gasteiger partial charge on any atom is -0.497 e. The van der Waals surface area contributed by atoms with E-state index in [1.54, 1.807) is 36.4 Å². The highest BCUT2D eigenvalue weighted by atomic mass is 79.9. The van der Waals surface area contributed by atoms with Gasteiger partial charge in [-0.05, 0) is 83.4 Å². The number of benzene rings is 3. The van der Waals surface area contributed by atoms with Gasteiger partial charge in [-0.15, -0.1) is 0 Å². The van der Waals surface area contributed by atoms with E-state index in [0.717, 1.165) is 15.6 Å². The average Bonchev–Trinajstić information content (AvgIpc) is 2.80. The first kappa shape index (κ1) is 25.5. The molecule has 0 atom stereocenters. The summed E-state index contributed by atoms with van der Waals surface area (Å²) in [5.74, 6) is 0.298. The van der Waals surface area contributed by atoms with E-state index in [9.17, 15) is 9.59 Å². The van der Waals surface area contributed by atoms with Gasteiger partial charge in [-0.1, -0.05) is 28.1 Å². The molecule has 0 saturated carbocycles. The van der Waals surface area contributed by atoms with E-state index >= 15 is 0 Å². The van der Waals surface area contributed by atoms with Crippen LogP contribution < -0.4 is 20.2 Å². The summed E-state index contributed by atoms with van der Waals surface area (Å²) in [4.78, 5) is 24.8. The third-order valence-electron chi connectivity index (χ3n) is 4.88. The van der Waals surface area contributed by atoms with Crippen LogP contribution in [0.4, 0.5) is 5.69 Å². The molecule has 176 valence electrons. The Morgan fingerprint density at radius 2 is 1.82 bits per heavy atom. The molecule has 2 N–H and O–H groups in total. The predicted octanol–water partition coefficient (Wildman–Crippen LogP) is 5.62. The Hall–Kier alpha value is -3.17. The standard InChI is InChI=1S/C25H23Br2N3O4/c1-15-7-8-20(9-16(15)2)29-23(31)14-34-24-18(10-19(26)12-22(24)27)13-28-30-25(32)17-5-4-6-21(11-17)33-3/h4-13H,14H2,1-3H3,(H,29,31)(H,30,32)/b28-13+. The zero-order valence-corrected chi connectivity index (χ0v) is 22.0. The third kappa shape index (κ3) is 6.91. The van der Waals surface area contributed by atoms with E-state index in [2.05, 4.69) is 47.7 Å². The Kier molecular flexibility index (Phi) is 8.84. The van der Waals surface area contributed by atoms with Crippen LogP contribution in [0, 0.1) is 13.8 Å². The highest BCUT2D eigenvalue weighted by Gasteiger charge is 2.13. The van der Waals surface area contributed by atoms with Crippen LogP contribution in [-0.4, -0.2) is 31.7 Å². The van der Waals surface area contributed by atoms with E-state index in [1.165, 1.54) is 13.3 Å². The lowest BCUT2D eigenvalue weighted by molar-refractivity contribution is -0.118. The fourth-order valence-electron chi connectivity index (χ4n) is 2.97. The number of hydrogen-bond acceptors (Lipinski definition) is 5. The number of rotatable bonds is 8. The van der Waals surface area contributed by atoms with Gasteiger partial charge in [0.1, 0.15) is 11.5 Å². The fraction of sp³-hybridized carbons (Fsp3) is 0.160. The van der Waals surface area contributed by atoms with Crippen molar-refractivity contribution in [1.82, 2.24) is 5.43 Å². The molecule has 7 nitrogen and oxygen atoms in total. The van der Waals surface area contributed by atoms with Crippen molar-refractivity contribution >= 4 is 55.6 Å². The number of nitrogens with one attached hydrogen (secondary N) is 2. The zero-order valence-electron chi connectivity index (χ0n) is 18.8. The van der Waals surface area contributed by atoms with Crippen LogP contribution in [0.25, 0.3) is 0 Å². The maximum Gasteiger partial charge on any atom is 0.271 e. The van der Waals surface area contributed by atoms with E-state index in [4.69, 9.17) is 9.47 Å². The second-order valence-corrected chi connectivity index (χ2v) is 9.14. The number of anilines is 1. The first-order valence-corrected chi connectivity index (χ1v) is 11.8. The second-order valence-electron chi connectivity index (χ2n) is 7.37. The molecule has 2 amide bonds. The van der Waals surface area contributed by atoms with Crippen LogP contribution >= 0.6 is 31.9 Å². The second kappa shape index (κ2) is 11.8. The number of hydrazone groups is 1. The average molecular weight is 589 g/mol. The predicted molar refractivity (Wildman–Crippen MR) is 140 cm³/mol. The van der Waals surface area contributed by atoms with E-state index in [1.807, 2.05) is 32.0 Å². The smallest absolute Gasteiger partial charge is 0.271 e. The molecular weight excluding hydrogens is 566 g/mol. The maximum atomic E-state index is 12.4. The summed E-state index contributed by atoms with van der Waals surface area (Å²) in [6.45, 7) is 3.79. The molecule has 0 bridgehead atoms. The van der Waals surface area contributed by atoms with Gasteiger partial charge in [0.05, 0.1) is 17.8 Å². The van der Waals surface area contributed by atoms with Crippen molar-refractivity contribution in [2.24, 2.45) is 5.10 Å². The zero-order chi connectivity index (χ0) is 24.7. The van der Waals surface area contributed by atoms with E-state index in [-0.39, 0.29) is 18.4 Å². The summed E-state index contributed by atoms with van der Waals surface area (Å²) in [5.41, 5.74) is 6.39. The summed E-state index contributed by atoms with van der Waals surface area (Å²) in [6.07, 6.45) is 1.45. The van der Waals surface area contributed by atoms with Gasteiger partial charge in [-0.25, -0.2) is 5.43 Å². The third-order valence-corrected chi connectivity index (χ3v) is 5.92. The SMILES string of the molecule is COc1cccc(C(=O)N/N=C/c2cc(Br)cc(Br)c2OCC(=O)Nc2ccc(C)c(C)c2)c1. The molecule has 0 spiro atoms. The lowest BCUT2D eigenvalue weighted by atomic mass is 10.1. The van der Waals surface area contributed by atoms with Gasteiger partial charge in [0, 0.05) is 21.3 Å². The summed E-state index contributed by atoms with van der Waals surface area (Å²) in [7, 11) is 1.53. The topological polar surface area (TPSA) is 89.0 Å². The Morgan fingerprint density at radius 3 is 2.56 bits per heavy atom. The number of amides is 2. The molecular formula is C25H23Br2N3O4. The molecule has 0 aromatic heterocycles. The number of carbonyl (C=O) groups excluding carboxylic acids is 2. The number of halogens is 2. The first-order valence-electron chi connectivity index (χ1n) is 10.2. The number of ether oxygens (including phenoxy) is 2. The fourth-order valence-corrected chi connectivity index (χ4v) is 4.34. The van der Waals surface area contributed by atoms with E-state index in [0.29, 0.717) is 32.8 Å². The van der Waals surface area contributed by atoms with Crippen molar-refractivity contribution in [3.63, 3.8) is 0 Å². The van der Waals surface area contributed by atoms with Gasteiger partial charge in [-0.2, -0.15) is 5.10 Å². The number of nitrogens with zero attached hydrogens (tertiary/aromatic N) is 1. The highest BCUT2D eigenvalue weighted by Crippen LogP contribution is 2.32. The molecule has 0 fully saturated rings. The van der Waals surface area contributed by atoms with Crippen LogP contribution in [0.5, 0.6) is 11.5 Å². The summed E-state index contributed by atoms with van der Waals surface area (Å²) in [5, 5.41) is 6.87. The lowest BCUT2D eigenvalue weighted by Crippen LogP contribution is -2.21. The Morgan fingerprint density at radius 1 is 1.03 bits per heavy atom. The molecule has 0 saturated heterocycles. The lowest BCUT2D eigenvalue weighted by Gasteiger charge is -2.13. The van der Waals surface area contributed by atoms with Crippen LogP contribution in [0.1, 0.15) is 27.0 Å². The van der Waals surface area contributed by atoms with E-state index < -0.39 is 0 Å². The number of aryl methyl sites for hydroxylation is 2. The van der Waals surface area contributed by atoms with Gasteiger partial charge < -0.3 is 14.8 Å². The van der Waals surface area contributed by atoms with Crippen molar-refractivity contribution < 1.29 is 19.1 Å². The Bertz CT molecular complexity index is 1240. The molecule has 0 aliphatic rings. The molecule has 9 heteroatoms. The number of carbonyl (C=O) groups is 2. The minimum atomic E-state index is -0.389. The van der Waals surface area contributed by atoms with Crippen molar-refractivity contribution in [2.45, 2.75) is 13.8 Å². The van der Waals surface area contributed by atoms with Crippen molar-refractivity contribution in [3.8, 4) is 11.5 Å². The van der Waals surface area contributed by atoms with Crippen LogP contribution in [0.15, 0.2) is 68.6 Å². The van der Waals surface area contributed by atoms with Crippen molar-refractivity contribution in [3.05, 3.63) is 85.8 Å². The van der Waals surface area contributed by atoms with Gasteiger partial charge in [0.2, 0.25) is 0 Å². The molecule has 0 heterocycles. The van der Waals surface area contributed by atoms with Crippen LogP contribution in [0.3, 0.4) is 0 Å². The van der Waals surface area contributed by atoms with Gasteiger partial charge in [0.15, 0.2) is 6.61 Å². The molecule has 0 unspecified atom stereocenters. The molecule has 0 aliphatic heterocycles.